The number of piperidine rings is 1. The van der Waals surface area contributed by atoms with Gasteiger partial charge in [-0.2, -0.15) is 0 Å². The fourth-order valence-corrected chi connectivity index (χ4v) is 3.56. The molecule has 0 saturated carbocycles. The highest BCUT2D eigenvalue weighted by atomic mass is 32.1. The van der Waals surface area contributed by atoms with Crippen LogP contribution in [0.1, 0.15) is 40.0 Å². The molecule has 0 atom stereocenters. The van der Waals surface area contributed by atoms with Crippen LogP contribution >= 0.6 is 12.2 Å². The quantitative estimate of drug-likeness (QED) is 0.236. The summed E-state index contributed by atoms with van der Waals surface area (Å²) in [6, 6.07) is 7.89. The van der Waals surface area contributed by atoms with Crippen LogP contribution in [-0.4, -0.2) is 45.2 Å². The Morgan fingerprint density at radius 2 is 1.77 bits per heavy atom. The van der Waals surface area contributed by atoms with Crippen LogP contribution in [0.5, 0.6) is 5.75 Å². The lowest BCUT2D eigenvalue weighted by Crippen LogP contribution is -2.36. The molecule has 0 radical (unpaired) electrons. The summed E-state index contributed by atoms with van der Waals surface area (Å²) in [5.74, 6) is -2.35. The number of nitro groups is 1. The third-order valence-electron chi connectivity index (χ3n) is 4.84. The van der Waals surface area contributed by atoms with Crippen molar-refractivity contribution in [3.8, 4) is 5.75 Å². The van der Waals surface area contributed by atoms with Gasteiger partial charge in [0.25, 0.3) is 11.6 Å². The summed E-state index contributed by atoms with van der Waals surface area (Å²) in [6.45, 7) is 1.48. The van der Waals surface area contributed by atoms with Gasteiger partial charge < -0.3 is 20.4 Å². The van der Waals surface area contributed by atoms with Gasteiger partial charge in [0.1, 0.15) is 11.3 Å². The molecule has 1 fully saturated rings. The summed E-state index contributed by atoms with van der Waals surface area (Å²) in [7, 11) is 0. The number of non-ortho nitro benzene ring substituents is 1. The SMILES string of the molecule is O=C(O)c1cc(NC(=S)NC(=O)c2cc([N+](=O)[O-])ccc2N2CCCCC2)ccc1O. The zero-order chi connectivity index (χ0) is 22.5. The predicted molar refractivity (Wildman–Crippen MR) is 118 cm³/mol. The molecular formula is C20H20N4O6S. The zero-order valence-corrected chi connectivity index (χ0v) is 17.1. The van der Waals surface area contributed by atoms with E-state index in [0.29, 0.717) is 5.69 Å². The first-order valence-electron chi connectivity index (χ1n) is 9.48. The number of carbonyl (C=O) groups is 2. The predicted octanol–water partition coefficient (Wildman–Crippen LogP) is 3.12. The van der Waals surface area contributed by atoms with Crippen LogP contribution in [0, 0.1) is 10.1 Å². The molecule has 1 heterocycles. The van der Waals surface area contributed by atoms with Crippen molar-refractivity contribution in [2.45, 2.75) is 19.3 Å². The monoisotopic (exact) mass is 444 g/mol. The molecule has 3 rings (SSSR count). The van der Waals surface area contributed by atoms with Gasteiger partial charge in [0, 0.05) is 30.9 Å². The molecule has 1 aliphatic rings. The van der Waals surface area contributed by atoms with E-state index in [4.69, 9.17) is 17.3 Å². The number of carboxylic acid groups (broad SMARTS) is 1. The first kappa shape index (κ1) is 22.0. The van der Waals surface area contributed by atoms with Gasteiger partial charge in [0.05, 0.1) is 16.2 Å². The number of hydrogen-bond acceptors (Lipinski definition) is 7. The highest BCUT2D eigenvalue weighted by Gasteiger charge is 2.22. The molecule has 4 N–H and O–H groups in total. The van der Waals surface area contributed by atoms with Crippen LogP contribution in [0.3, 0.4) is 0 Å². The molecule has 1 aliphatic heterocycles. The molecule has 0 aromatic heterocycles. The number of phenols is 1. The van der Waals surface area contributed by atoms with E-state index in [2.05, 4.69) is 10.6 Å². The summed E-state index contributed by atoms with van der Waals surface area (Å²) in [5, 5.41) is 34.9. The van der Waals surface area contributed by atoms with Gasteiger partial charge >= 0.3 is 5.97 Å². The van der Waals surface area contributed by atoms with Gasteiger partial charge in [0.2, 0.25) is 0 Å². The van der Waals surface area contributed by atoms with Gasteiger partial charge in [0.15, 0.2) is 5.11 Å². The molecule has 0 bridgehead atoms. The first-order valence-corrected chi connectivity index (χ1v) is 9.89. The molecule has 0 spiro atoms. The Morgan fingerprint density at radius 3 is 2.42 bits per heavy atom. The lowest BCUT2D eigenvalue weighted by Gasteiger charge is -2.30. The molecule has 10 nitrogen and oxygen atoms in total. The van der Waals surface area contributed by atoms with E-state index in [9.17, 15) is 24.8 Å². The maximum Gasteiger partial charge on any atom is 0.339 e. The van der Waals surface area contributed by atoms with E-state index in [1.54, 1.807) is 6.07 Å². The number of anilines is 2. The molecule has 162 valence electrons. The van der Waals surface area contributed by atoms with Crippen molar-refractivity contribution in [3.63, 3.8) is 0 Å². The first-order chi connectivity index (χ1) is 14.8. The fraction of sp³-hybridized carbons (Fsp3) is 0.250. The number of nitro benzene ring substituents is 1. The molecule has 2 aromatic rings. The third kappa shape index (κ3) is 5.25. The van der Waals surface area contributed by atoms with Crippen LogP contribution < -0.4 is 15.5 Å². The zero-order valence-electron chi connectivity index (χ0n) is 16.3. The number of nitrogens with zero attached hydrogens (tertiary/aromatic N) is 2. The lowest BCUT2D eigenvalue weighted by molar-refractivity contribution is -0.384. The number of aromatic hydroxyl groups is 1. The second kappa shape index (κ2) is 9.39. The lowest BCUT2D eigenvalue weighted by atomic mass is 10.1. The largest absolute Gasteiger partial charge is 0.507 e. The van der Waals surface area contributed by atoms with E-state index in [-0.39, 0.29) is 27.6 Å². The maximum absolute atomic E-state index is 12.9. The van der Waals surface area contributed by atoms with Crippen LogP contribution in [0.25, 0.3) is 0 Å². The molecule has 31 heavy (non-hydrogen) atoms. The van der Waals surface area contributed by atoms with E-state index in [0.717, 1.165) is 32.4 Å². The minimum atomic E-state index is -1.32. The number of amides is 1. The average Bonchev–Trinajstić information content (AvgIpc) is 2.75. The van der Waals surface area contributed by atoms with Crippen molar-refractivity contribution in [1.29, 1.82) is 0 Å². The molecule has 1 saturated heterocycles. The Morgan fingerprint density at radius 1 is 1.06 bits per heavy atom. The Kier molecular flexibility index (Phi) is 6.65. The molecule has 2 aromatic carbocycles. The number of carbonyl (C=O) groups excluding carboxylic acids is 1. The van der Waals surface area contributed by atoms with Crippen molar-refractivity contribution < 1.29 is 24.7 Å². The van der Waals surface area contributed by atoms with Gasteiger partial charge in [-0.1, -0.05) is 0 Å². The molecule has 1 amide bonds. The smallest absolute Gasteiger partial charge is 0.339 e. The number of thiocarbonyl (C=S) groups is 1. The van der Waals surface area contributed by atoms with Crippen LogP contribution in [0.4, 0.5) is 17.1 Å². The number of rotatable bonds is 5. The molecular weight excluding hydrogens is 424 g/mol. The van der Waals surface area contributed by atoms with Crippen molar-refractivity contribution in [2.75, 3.05) is 23.3 Å². The third-order valence-corrected chi connectivity index (χ3v) is 5.05. The van der Waals surface area contributed by atoms with Crippen molar-refractivity contribution >= 4 is 46.3 Å². The minimum Gasteiger partial charge on any atom is -0.507 e. The van der Waals surface area contributed by atoms with Crippen molar-refractivity contribution in [1.82, 2.24) is 5.32 Å². The Balaban J connectivity index is 1.81. The minimum absolute atomic E-state index is 0.122. The molecule has 0 aliphatic carbocycles. The van der Waals surface area contributed by atoms with Gasteiger partial charge in [-0.3, -0.25) is 20.2 Å². The van der Waals surface area contributed by atoms with Gasteiger partial charge in [-0.05, 0) is 55.7 Å². The Bertz CT molecular complexity index is 1050. The Hall–Kier alpha value is -3.73. The number of nitrogens with one attached hydrogen (secondary N) is 2. The highest BCUT2D eigenvalue weighted by molar-refractivity contribution is 7.80. The Labute approximate surface area is 182 Å². The summed E-state index contributed by atoms with van der Waals surface area (Å²) in [6.07, 6.45) is 3.01. The maximum atomic E-state index is 12.9. The summed E-state index contributed by atoms with van der Waals surface area (Å²) in [4.78, 5) is 36.7. The van der Waals surface area contributed by atoms with Gasteiger partial charge in [-0.15, -0.1) is 0 Å². The molecule has 0 unspecified atom stereocenters. The highest BCUT2D eigenvalue weighted by Crippen LogP contribution is 2.28. The standard InChI is InChI=1S/C20H20N4O6S/c25-17-7-4-12(10-15(17)19(27)28)21-20(31)22-18(26)14-11-13(24(29)30)5-6-16(14)23-8-2-1-3-9-23/h4-7,10-11,25H,1-3,8-9H2,(H,27,28)(H2,21,22,26,31). The number of benzene rings is 2. The number of aromatic carboxylic acids is 1. The van der Waals surface area contributed by atoms with Crippen LogP contribution in [0.15, 0.2) is 36.4 Å². The van der Waals surface area contributed by atoms with Crippen LogP contribution in [-0.2, 0) is 0 Å². The average molecular weight is 444 g/mol. The second-order valence-electron chi connectivity index (χ2n) is 6.95. The summed E-state index contributed by atoms with van der Waals surface area (Å²) in [5.41, 5.74) is 0.413. The van der Waals surface area contributed by atoms with E-state index < -0.39 is 22.5 Å². The van der Waals surface area contributed by atoms with Crippen molar-refractivity contribution in [3.05, 3.63) is 57.6 Å². The van der Waals surface area contributed by atoms with E-state index in [1.807, 2.05) is 4.90 Å². The second-order valence-corrected chi connectivity index (χ2v) is 7.36. The fourth-order valence-electron chi connectivity index (χ4n) is 3.35. The summed E-state index contributed by atoms with van der Waals surface area (Å²) >= 11 is 5.14. The van der Waals surface area contributed by atoms with E-state index >= 15 is 0 Å². The van der Waals surface area contributed by atoms with E-state index in [1.165, 1.54) is 30.3 Å². The van der Waals surface area contributed by atoms with Crippen LogP contribution in [0.2, 0.25) is 0 Å². The van der Waals surface area contributed by atoms with Crippen molar-refractivity contribution in [2.24, 2.45) is 0 Å². The number of carboxylic acids is 1. The molecule has 11 heteroatoms. The van der Waals surface area contributed by atoms with Gasteiger partial charge in [-0.25, -0.2) is 4.79 Å². The topological polar surface area (TPSA) is 145 Å². The normalized spacial score (nSPS) is 13.4. The summed E-state index contributed by atoms with van der Waals surface area (Å²) < 4.78 is 0. The number of hydrogen-bond donors (Lipinski definition) is 4.